The lowest BCUT2D eigenvalue weighted by Gasteiger charge is -2.22. The summed E-state index contributed by atoms with van der Waals surface area (Å²) in [6, 6.07) is 3.65. The number of amides is 1. The van der Waals surface area contributed by atoms with Gasteiger partial charge in [0.05, 0.1) is 12.1 Å². The molecule has 2 atom stereocenters. The fourth-order valence-corrected chi connectivity index (χ4v) is 2.92. The number of carbonyl (C=O) groups is 1. The number of ether oxygens (including phenoxy) is 1. The van der Waals surface area contributed by atoms with Crippen LogP contribution in [0.4, 0.5) is 0 Å². The van der Waals surface area contributed by atoms with Gasteiger partial charge in [0.15, 0.2) is 5.82 Å². The van der Waals surface area contributed by atoms with E-state index in [4.69, 9.17) is 4.74 Å². The SMILES string of the molecule is CO[C@@H]1C[C@@H](c2n[nH]c(C)n2)N(C(=O)c2ccc(C)n2C)C1. The van der Waals surface area contributed by atoms with Crippen molar-refractivity contribution in [1.82, 2.24) is 24.6 Å². The third kappa shape index (κ3) is 2.41. The van der Waals surface area contributed by atoms with Gasteiger partial charge >= 0.3 is 0 Å². The average molecular weight is 303 g/mol. The highest BCUT2D eigenvalue weighted by Gasteiger charge is 2.39. The highest BCUT2D eigenvalue weighted by molar-refractivity contribution is 5.93. The molecule has 0 spiro atoms. The number of aryl methyl sites for hydroxylation is 2. The average Bonchev–Trinajstić information content (AvgIpc) is 3.19. The van der Waals surface area contributed by atoms with Crippen molar-refractivity contribution in [2.45, 2.75) is 32.4 Å². The van der Waals surface area contributed by atoms with E-state index in [1.165, 1.54) is 0 Å². The monoisotopic (exact) mass is 303 g/mol. The molecule has 1 amide bonds. The fourth-order valence-electron chi connectivity index (χ4n) is 2.92. The van der Waals surface area contributed by atoms with Crippen LogP contribution in [-0.4, -0.2) is 50.3 Å². The van der Waals surface area contributed by atoms with Crippen LogP contribution in [0.5, 0.6) is 0 Å². The van der Waals surface area contributed by atoms with E-state index in [9.17, 15) is 4.79 Å². The first-order valence-corrected chi connectivity index (χ1v) is 7.36. The normalized spacial score (nSPS) is 21.5. The number of hydrogen-bond donors (Lipinski definition) is 1. The highest BCUT2D eigenvalue weighted by Crippen LogP contribution is 2.32. The van der Waals surface area contributed by atoms with Crippen LogP contribution in [0.3, 0.4) is 0 Å². The number of rotatable bonds is 3. The minimum Gasteiger partial charge on any atom is -0.380 e. The predicted octanol–water partition coefficient (Wildman–Crippen LogP) is 1.36. The molecule has 0 aromatic carbocycles. The van der Waals surface area contributed by atoms with Gasteiger partial charge in [-0.3, -0.25) is 9.89 Å². The van der Waals surface area contributed by atoms with Gasteiger partial charge in [-0.25, -0.2) is 4.98 Å². The van der Waals surface area contributed by atoms with Crippen LogP contribution in [0, 0.1) is 13.8 Å². The quantitative estimate of drug-likeness (QED) is 0.929. The summed E-state index contributed by atoms with van der Waals surface area (Å²) in [5.41, 5.74) is 1.72. The molecule has 3 rings (SSSR count). The zero-order chi connectivity index (χ0) is 15.9. The number of carbonyl (C=O) groups excluding carboxylic acids is 1. The lowest BCUT2D eigenvalue weighted by Crippen LogP contribution is -2.33. The summed E-state index contributed by atoms with van der Waals surface area (Å²) in [5.74, 6) is 1.39. The van der Waals surface area contributed by atoms with E-state index >= 15 is 0 Å². The van der Waals surface area contributed by atoms with Crippen molar-refractivity contribution >= 4 is 5.91 Å². The van der Waals surface area contributed by atoms with Crippen molar-refractivity contribution in [2.24, 2.45) is 7.05 Å². The van der Waals surface area contributed by atoms with Gasteiger partial charge in [0.25, 0.3) is 5.91 Å². The molecule has 1 aliphatic rings. The Morgan fingerprint density at radius 2 is 2.18 bits per heavy atom. The maximum atomic E-state index is 12.9. The molecule has 1 N–H and O–H groups in total. The van der Waals surface area contributed by atoms with E-state index in [0.29, 0.717) is 24.5 Å². The molecular formula is C15H21N5O2. The third-order valence-corrected chi connectivity index (χ3v) is 4.36. The Bertz CT molecular complexity index is 690. The molecule has 1 saturated heterocycles. The number of aromatic amines is 1. The van der Waals surface area contributed by atoms with E-state index in [-0.39, 0.29) is 18.1 Å². The van der Waals surface area contributed by atoms with Crippen LogP contribution in [0.1, 0.15) is 40.3 Å². The summed E-state index contributed by atoms with van der Waals surface area (Å²) in [6.07, 6.45) is 0.720. The molecule has 118 valence electrons. The summed E-state index contributed by atoms with van der Waals surface area (Å²) < 4.78 is 7.36. The van der Waals surface area contributed by atoms with Gasteiger partial charge in [-0.2, -0.15) is 5.10 Å². The molecule has 2 aromatic rings. The lowest BCUT2D eigenvalue weighted by atomic mass is 10.2. The van der Waals surface area contributed by atoms with Crippen LogP contribution in [0.25, 0.3) is 0 Å². The van der Waals surface area contributed by atoms with Crippen LogP contribution < -0.4 is 0 Å². The number of H-pyrrole nitrogens is 1. The fraction of sp³-hybridized carbons (Fsp3) is 0.533. The first kappa shape index (κ1) is 14.8. The van der Waals surface area contributed by atoms with Gasteiger partial charge in [0.2, 0.25) is 0 Å². The first-order valence-electron chi connectivity index (χ1n) is 7.36. The van der Waals surface area contributed by atoms with Gasteiger partial charge in [-0.05, 0) is 26.0 Å². The smallest absolute Gasteiger partial charge is 0.271 e. The lowest BCUT2D eigenvalue weighted by molar-refractivity contribution is 0.0675. The highest BCUT2D eigenvalue weighted by atomic mass is 16.5. The molecule has 0 saturated carbocycles. The van der Waals surface area contributed by atoms with Gasteiger partial charge < -0.3 is 14.2 Å². The second-order valence-electron chi connectivity index (χ2n) is 5.76. The minimum absolute atomic E-state index is 0.00845. The van der Waals surface area contributed by atoms with Crippen LogP contribution in [0.2, 0.25) is 0 Å². The summed E-state index contributed by atoms with van der Waals surface area (Å²) in [6.45, 7) is 4.39. The molecule has 0 unspecified atom stereocenters. The van der Waals surface area contributed by atoms with Crippen LogP contribution in [-0.2, 0) is 11.8 Å². The molecule has 1 fully saturated rings. The van der Waals surface area contributed by atoms with Crippen molar-refractivity contribution in [1.29, 1.82) is 0 Å². The molecule has 0 bridgehead atoms. The number of nitrogens with zero attached hydrogens (tertiary/aromatic N) is 4. The number of aromatic nitrogens is 4. The largest absolute Gasteiger partial charge is 0.380 e. The van der Waals surface area contributed by atoms with Crippen molar-refractivity contribution in [3.05, 3.63) is 35.2 Å². The molecule has 7 nitrogen and oxygen atoms in total. The second-order valence-corrected chi connectivity index (χ2v) is 5.76. The minimum atomic E-state index is -0.155. The Hall–Kier alpha value is -2.15. The standard InChI is InChI=1S/C15H21N5O2/c1-9-5-6-12(19(9)3)15(21)20-8-11(22-4)7-13(20)14-16-10(2)17-18-14/h5-6,11,13H,7-8H2,1-4H3,(H,16,17,18)/t11-,13+/m1/s1. The molecule has 0 aliphatic carbocycles. The van der Waals surface area contributed by atoms with Crippen LogP contribution in [0.15, 0.2) is 12.1 Å². The van der Waals surface area contributed by atoms with Gasteiger partial charge in [-0.15, -0.1) is 0 Å². The number of methoxy groups -OCH3 is 1. The summed E-state index contributed by atoms with van der Waals surface area (Å²) in [4.78, 5) is 19.1. The van der Waals surface area contributed by atoms with Gasteiger partial charge in [0, 0.05) is 32.8 Å². The van der Waals surface area contributed by atoms with E-state index in [2.05, 4.69) is 15.2 Å². The Morgan fingerprint density at radius 3 is 2.73 bits per heavy atom. The molecular weight excluding hydrogens is 282 g/mol. The predicted molar refractivity (Wildman–Crippen MR) is 80.5 cm³/mol. The van der Waals surface area contributed by atoms with E-state index in [1.54, 1.807) is 7.11 Å². The maximum absolute atomic E-state index is 12.9. The van der Waals surface area contributed by atoms with Crippen molar-refractivity contribution in [2.75, 3.05) is 13.7 Å². The van der Waals surface area contributed by atoms with Crippen molar-refractivity contribution in [3.8, 4) is 0 Å². The topological polar surface area (TPSA) is 76.0 Å². The van der Waals surface area contributed by atoms with E-state index < -0.39 is 0 Å². The Labute approximate surface area is 129 Å². The van der Waals surface area contributed by atoms with Gasteiger partial charge in [-0.1, -0.05) is 0 Å². The Morgan fingerprint density at radius 1 is 1.41 bits per heavy atom. The number of hydrogen-bond acceptors (Lipinski definition) is 4. The second kappa shape index (κ2) is 5.57. The van der Waals surface area contributed by atoms with Crippen molar-refractivity contribution in [3.63, 3.8) is 0 Å². The number of nitrogens with one attached hydrogen (secondary N) is 1. The van der Waals surface area contributed by atoms with Crippen LogP contribution >= 0.6 is 0 Å². The molecule has 1 aliphatic heterocycles. The summed E-state index contributed by atoms with van der Waals surface area (Å²) in [5, 5.41) is 7.08. The molecule has 3 heterocycles. The number of likely N-dealkylation sites (tertiary alicyclic amines) is 1. The molecule has 2 aromatic heterocycles. The Balaban J connectivity index is 1.92. The third-order valence-electron chi connectivity index (χ3n) is 4.36. The summed E-state index contributed by atoms with van der Waals surface area (Å²) in [7, 11) is 3.57. The maximum Gasteiger partial charge on any atom is 0.271 e. The molecule has 0 radical (unpaired) electrons. The molecule has 22 heavy (non-hydrogen) atoms. The van der Waals surface area contributed by atoms with E-state index in [0.717, 1.165) is 11.5 Å². The first-order chi connectivity index (χ1) is 10.5. The van der Waals surface area contributed by atoms with Gasteiger partial charge in [0.1, 0.15) is 11.5 Å². The zero-order valence-corrected chi connectivity index (χ0v) is 13.3. The molecule has 7 heteroatoms. The zero-order valence-electron chi connectivity index (χ0n) is 13.3. The Kier molecular flexibility index (Phi) is 3.74. The van der Waals surface area contributed by atoms with Crippen molar-refractivity contribution < 1.29 is 9.53 Å². The summed E-state index contributed by atoms with van der Waals surface area (Å²) >= 11 is 0. The van der Waals surface area contributed by atoms with E-state index in [1.807, 2.05) is 42.5 Å².